The van der Waals surface area contributed by atoms with Crippen molar-refractivity contribution < 1.29 is 23.7 Å². The average Bonchev–Trinajstić information content (AvgIpc) is 2.58. The quantitative estimate of drug-likeness (QED) is 0.447. The molecule has 1 aromatic rings. The Labute approximate surface area is 150 Å². The summed E-state index contributed by atoms with van der Waals surface area (Å²) in [5, 5.41) is 0. The lowest BCUT2D eigenvalue weighted by Gasteiger charge is -2.40. The Morgan fingerprint density at radius 1 is 1.24 bits per heavy atom. The SMILES string of the molecule is C/C=C/c1ccc(OC(C)OCCOCC2(CC)COC2)c(OC)c1. The maximum atomic E-state index is 5.82. The second-order valence-corrected chi connectivity index (χ2v) is 6.37. The first-order valence-electron chi connectivity index (χ1n) is 8.87. The number of benzene rings is 1. The van der Waals surface area contributed by atoms with Crippen LogP contribution < -0.4 is 9.47 Å². The van der Waals surface area contributed by atoms with E-state index in [9.17, 15) is 0 Å². The van der Waals surface area contributed by atoms with E-state index in [0.29, 0.717) is 24.7 Å². The van der Waals surface area contributed by atoms with Gasteiger partial charge >= 0.3 is 0 Å². The van der Waals surface area contributed by atoms with Gasteiger partial charge in [-0.1, -0.05) is 25.1 Å². The summed E-state index contributed by atoms with van der Waals surface area (Å²) in [5.74, 6) is 1.36. The van der Waals surface area contributed by atoms with Gasteiger partial charge in [-0.05, 0) is 38.0 Å². The van der Waals surface area contributed by atoms with Crippen LogP contribution in [0.2, 0.25) is 0 Å². The Morgan fingerprint density at radius 3 is 2.64 bits per heavy atom. The van der Waals surface area contributed by atoms with Gasteiger partial charge in [0.1, 0.15) is 0 Å². The van der Waals surface area contributed by atoms with E-state index in [1.807, 2.05) is 44.2 Å². The molecule has 1 fully saturated rings. The predicted octanol–water partition coefficient (Wildman–Crippen LogP) is 3.91. The molecule has 1 heterocycles. The highest BCUT2D eigenvalue weighted by molar-refractivity contribution is 5.55. The number of hydrogen-bond donors (Lipinski definition) is 0. The molecule has 1 aliphatic rings. The summed E-state index contributed by atoms with van der Waals surface area (Å²) in [7, 11) is 1.63. The molecule has 1 aliphatic heterocycles. The van der Waals surface area contributed by atoms with Crippen LogP contribution >= 0.6 is 0 Å². The molecule has 0 saturated carbocycles. The van der Waals surface area contributed by atoms with Crippen molar-refractivity contribution in [1.82, 2.24) is 0 Å². The molecule has 140 valence electrons. The lowest BCUT2D eigenvalue weighted by molar-refractivity contribution is -0.157. The van der Waals surface area contributed by atoms with Gasteiger partial charge in [0.2, 0.25) is 0 Å². The maximum absolute atomic E-state index is 5.82. The number of rotatable bonds is 11. The van der Waals surface area contributed by atoms with E-state index >= 15 is 0 Å². The second-order valence-electron chi connectivity index (χ2n) is 6.37. The molecule has 5 heteroatoms. The van der Waals surface area contributed by atoms with Crippen molar-refractivity contribution in [3.8, 4) is 11.5 Å². The number of hydrogen-bond acceptors (Lipinski definition) is 5. The molecular weight excluding hydrogens is 320 g/mol. The number of methoxy groups -OCH3 is 1. The topological polar surface area (TPSA) is 46.2 Å². The standard InChI is InChI=1S/C20H30O5/c1-5-7-17-8-9-18(19(12-17)21-4)25-16(3)24-11-10-22-13-20(6-2)14-23-15-20/h5,7-9,12,16H,6,10-11,13-15H2,1-4H3/b7-5+. The number of ether oxygens (including phenoxy) is 5. The van der Waals surface area contributed by atoms with Crippen LogP contribution in [0.5, 0.6) is 11.5 Å². The molecule has 1 unspecified atom stereocenters. The second kappa shape index (κ2) is 9.80. The minimum atomic E-state index is -0.378. The Morgan fingerprint density at radius 2 is 2.04 bits per heavy atom. The first kappa shape index (κ1) is 19.8. The highest BCUT2D eigenvalue weighted by Gasteiger charge is 2.36. The van der Waals surface area contributed by atoms with E-state index in [4.69, 9.17) is 23.7 Å². The molecule has 1 saturated heterocycles. The zero-order chi connectivity index (χ0) is 18.1. The van der Waals surface area contributed by atoms with Crippen LogP contribution in [0.1, 0.15) is 32.8 Å². The Bertz CT molecular complexity index is 546. The first-order chi connectivity index (χ1) is 12.1. The molecule has 5 nitrogen and oxygen atoms in total. The third-order valence-corrected chi connectivity index (χ3v) is 4.39. The molecular formula is C20H30O5. The zero-order valence-electron chi connectivity index (χ0n) is 15.7. The molecule has 0 aliphatic carbocycles. The van der Waals surface area contributed by atoms with Gasteiger partial charge in [0.25, 0.3) is 0 Å². The van der Waals surface area contributed by atoms with Crippen molar-refractivity contribution in [2.24, 2.45) is 5.41 Å². The van der Waals surface area contributed by atoms with Crippen LogP contribution in [0.25, 0.3) is 6.08 Å². The summed E-state index contributed by atoms with van der Waals surface area (Å²) in [4.78, 5) is 0. The number of allylic oxidation sites excluding steroid dienone is 1. The van der Waals surface area contributed by atoms with Gasteiger partial charge in [0.15, 0.2) is 17.8 Å². The lowest BCUT2D eigenvalue weighted by atomic mass is 9.84. The maximum Gasteiger partial charge on any atom is 0.197 e. The fraction of sp³-hybridized carbons (Fsp3) is 0.600. The molecule has 1 atom stereocenters. The van der Waals surface area contributed by atoms with Crippen molar-refractivity contribution in [3.63, 3.8) is 0 Å². The van der Waals surface area contributed by atoms with E-state index in [-0.39, 0.29) is 11.7 Å². The predicted molar refractivity (Wildman–Crippen MR) is 98.1 cm³/mol. The molecule has 25 heavy (non-hydrogen) atoms. The van der Waals surface area contributed by atoms with Crippen molar-refractivity contribution in [2.75, 3.05) is 40.1 Å². The fourth-order valence-electron chi connectivity index (χ4n) is 2.63. The molecule has 0 aromatic heterocycles. The normalized spacial score (nSPS) is 17.3. The van der Waals surface area contributed by atoms with Crippen molar-refractivity contribution >= 4 is 6.08 Å². The van der Waals surface area contributed by atoms with Crippen molar-refractivity contribution in [1.29, 1.82) is 0 Å². The smallest absolute Gasteiger partial charge is 0.197 e. The fourth-order valence-corrected chi connectivity index (χ4v) is 2.63. The van der Waals surface area contributed by atoms with Crippen molar-refractivity contribution in [2.45, 2.75) is 33.5 Å². The molecule has 1 aromatic carbocycles. The van der Waals surface area contributed by atoms with Crippen LogP contribution in [-0.4, -0.2) is 46.4 Å². The largest absolute Gasteiger partial charge is 0.493 e. The summed E-state index contributed by atoms with van der Waals surface area (Å²) >= 11 is 0. The highest BCUT2D eigenvalue weighted by atomic mass is 16.7. The van der Waals surface area contributed by atoms with E-state index in [1.165, 1.54) is 0 Å². The third-order valence-electron chi connectivity index (χ3n) is 4.39. The average molecular weight is 350 g/mol. The van der Waals surface area contributed by atoms with E-state index in [1.54, 1.807) is 7.11 Å². The minimum Gasteiger partial charge on any atom is -0.493 e. The van der Waals surface area contributed by atoms with E-state index in [0.717, 1.165) is 31.8 Å². The minimum absolute atomic E-state index is 0.212. The molecule has 0 radical (unpaired) electrons. The molecule has 0 spiro atoms. The van der Waals surface area contributed by atoms with Gasteiger partial charge in [-0.2, -0.15) is 0 Å². The summed E-state index contributed by atoms with van der Waals surface area (Å²) in [6, 6.07) is 5.82. The van der Waals surface area contributed by atoms with Gasteiger partial charge in [-0.3, -0.25) is 0 Å². The van der Waals surface area contributed by atoms with Gasteiger partial charge in [-0.25, -0.2) is 0 Å². The van der Waals surface area contributed by atoms with Crippen LogP contribution in [0.3, 0.4) is 0 Å². The summed E-state index contributed by atoms with van der Waals surface area (Å²) in [6.45, 7) is 9.38. The lowest BCUT2D eigenvalue weighted by Crippen LogP contribution is -2.45. The van der Waals surface area contributed by atoms with Crippen LogP contribution in [0.15, 0.2) is 24.3 Å². The van der Waals surface area contributed by atoms with Crippen LogP contribution in [0, 0.1) is 5.41 Å². The monoisotopic (exact) mass is 350 g/mol. The van der Waals surface area contributed by atoms with Gasteiger partial charge in [0.05, 0.1) is 40.1 Å². The first-order valence-corrected chi connectivity index (χ1v) is 8.87. The summed E-state index contributed by atoms with van der Waals surface area (Å²) < 4.78 is 27.9. The van der Waals surface area contributed by atoms with Gasteiger partial charge in [-0.15, -0.1) is 0 Å². The molecule has 0 N–H and O–H groups in total. The molecule has 0 bridgehead atoms. The van der Waals surface area contributed by atoms with Crippen LogP contribution in [0.4, 0.5) is 0 Å². The molecule has 0 amide bonds. The summed E-state index contributed by atoms with van der Waals surface area (Å²) in [6.07, 6.45) is 4.70. The Balaban J connectivity index is 1.72. The van der Waals surface area contributed by atoms with E-state index < -0.39 is 0 Å². The van der Waals surface area contributed by atoms with Crippen LogP contribution in [-0.2, 0) is 14.2 Å². The van der Waals surface area contributed by atoms with Gasteiger partial charge < -0.3 is 23.7 Å². The summed E-state index contributed by atoms with van der Waals surface area (Å²) in [5.41, 5.74) is 1.28. The Hall–Kier alpha value is -1.56. The highest BCUT2D eigenvalue weighted by Crippen LogP contribution is 2.31. The van der Waals surface area contributed by atoms with E-state index in [2.05, 4.69) is 6.92 Å². The van der Waals surface area contributed by atoms with Gasteiger partial charge in [0, 0.05) is 5.41 Å². The Kier molecular flexibility index (Phi) is 7.75. The third kappa shape index (κ3) is 5.73. The molecule has 2 rings (SSSR count). The zero-order valence-corrected chi connectivity index (χ0v) is 15.7. The van der Waals surface area contributed by atoms with Crippen molar-refractivity contribution in [3.05, 3.63) is 29.8 Å².